The number of thiazole rings is 1. The predicted octanol–water partition coefficient (Wildman–Crippen LogP) is 2.53. The summed E-state index contributed by atoms with van der Waals surface area (Å²) in [6, 6.07) is 5.06. The Balaban J connectivity index is 1.49. The second-order valence-electron chi connectivity index (χ2n) is 8.79. The molecule has 1 N–H and O–H groups in total. The van der Waals surface area contributed by atoms with Crippen molar-refractivity contribution in [1.29, 1.82) is 0 Å². The van der Waals surface area contributed by atoms with Gasteiger partial charge in [-0.3, -0.25) is 19.2 Å². The smallest absolute Gasteiger partial charge is 0.409 e. The van der Waals surface area contributed by atoms with Crippen LogP contribution < -0.4 is 10.1 Å². The van der Waals surface area contributed by atoms with E-state index in [4.69, 9.17) is 9.47 Å². The lowest BCUT2D eigenvalue weighted by Crippen LogP contribution is -2.41. The maximum Gasteiger partial charge on any atom is 0.414 e. The summed E-state index contributed by atoms with van der Waals surface area (Å²) in [5, 5.41) is 3.03. The second-order valence-corrected chi connectivity index (χ2v) is 11.4. The minimum Gasteiger partial charge on any atom is -0.409 e. The first-order valence-electron chi connectivity index (χ1n) is 11.9. The molecule has 0 saturated carbocycles. The molecule has 3 rings (SSSR count). The molecule has 1 aromatic heterocycles. The highest BCUT2D eigenvalue weighted by molar-refractivity contribution is 7.86. The van der Waals surface area contributed by atoms with Crippen molar-refractivity contribution < 1.29 is 23.3 Å². The van der Waals surface area contributed by atoms with Crippen LogP contribution in [0.5, 0.6) is 5.75 Å². The lowest BCUT2D eigenvalue weighted by Gasteiger charge is -2.28. The molecule has 1 aromatic carbocycles. The Hall–Kier alpha value is -2.38. The number of amides is 2. The van der Waals surface area contributed by atoms with Gasteiger partial charge in [0.25, 0.3) is 5.91 Å². The monoisotopic (exact) mass is 537 g/mol. The van der Waals surface area contributed by atoms with E-state index in [9.17, 15) is 13.8 Å². The number of carbonyl (C=O) groups excluding carboxylic acids is 2. The molecule has 1 aliphatic rings. The molecule has 0 aliphatic carbocycles. The third kappa shape index (κ3) is 8.63. The van der Waals surface area contributed by atoms with E-state index in [1.807, 2.05) is 6.92 Å². The predicted molar refractivity (Wildman–Crippen MR) is 142 cm³/mol. The van der Waals surface area contributed by atoms with Gasteiger partial charge >= 0.3 is 6.09 Å². The number of hydrogen-bond acceptors (Lipinski definition) is 9. The molecule has 2 aromatic rings. The molecule has 36 heavy (non-hydrogen) atoms. The van der Waals surface area contributed by atoms with Crippen molar-refractivity contribution in [3.05, 3.63) is 35.5 Å². The summed E-state index contributed by atoms with van der Waals surface area (Å²) in [5.74, 6) is -0.276. The standard InChI is InChI=1S/C24H35N5O5S2/c1-18-6-7-20(19(16-18)22(30)26-23-25-17-21(35-23)36(4)32)34-24(31)28(3)9-5-8-27(2)10-11-29-12-14-33-15-13-29/h6-7,16-17H,5,8-15H2,1-4H3,(H,25,26,30). The first-order valence-corrected chi connectivity index (χ1v) is 14.2. The van der Waals surface area contributed by atoms with Crippen LogP contribution in [-0.2, 0) is 15.5 Å². The van der Waals surface area contributed by atoms with Gasteiger partial charge in [-0.1, -0.05) is 23.0 Å². The van der Waals surface area contributed by atoms with E-state index in [-0.39, 0.29) is 11.3 Å². The highest BCUT2D eigenvalue weighted by Gasteiger charge is 2.20. The number of aryl methyl sites for hydroxylation is 1. The van der Waals surface area contributed by atoms with Gasteiger partial charge in [-0.15, -0.1) is 0 Å². The summed E-state index contributed by atoms with van der Waals surface area (Å²) < 4.78 is 23.1. The number of benzene rings is 1. The molecule has 1 saturated heterocycles. The Morgan fingerprint density at radius 1 is 1.22 bits per heavy atom. The molecule has 2 amide bonds. The fourth-order valence-electron chi connectivity index (χ4n) is 3.61. The van der Waals surface area contributed by atoms with E-state index in [1.165, 1.54) is 11.1 Å². The van der Waals surface area contributed by atoms with Crippen molar-refractivity contribution in [3.63, 3.8) is 0 Å². The van der Waals surface area contributed by atoms with Gasteiger partial charge in [-0.05, 0) is 39.1 Å². The Morgan fingerprint density at radius 3 is 2.67 bits per heavy atom. The lowest BCUT2D eigenvalue weighted by atomic mass is 10.1. The molecule has 10 nitrogen and oxygen atoms in total. The van der Waals surface area contributed by atoms with Crippen LogP contribution in [0.1, 0.15) is 22.3 Å². The van der Waals surface area contributed by atoms with Gasteiger partial charge in [0, 0.05) is 46.0 Å². The zero-order valence-corrected chi connectivity index (χ0v) is 23.0. The molecule has 1 atom stereocenters. The molecule has 0 bridgehead atoms. The van der Waals surface area contributed by atoms with Crippen LogP contribution in [0.3, 0.4) is 0 Å². The molecule has 1 fully saturated rings. The lowest BCUT2D eigenvalue weighted by molar-refractivity contribution is 0.0344. The number of carbonyl (C=O) groups is 2. The highest BCUT2D eigenvalue weighted by Crippen LogP contribution is 2.25. The summed E-state index contributed by atoms with van der Waals surface area (Å²) >= 11 is 1.14. The second kappa shape index (κ2) is 13.8. The van der Waals surface area contributed by atoms with E-state index in [2.05, 4.69) is 27.1 Å². The number of morpholine rings is 1. The van der Waals surface area contributed by atoms with Crippen molar-refractivity contribution in [2.45, 2.75) is 17.6 Å². The maximum atomic E-state index is 12.9. The molecule has 198 valence electrons. The quantitative estimate of drug-likeness (QED) is 0.466. The molecule has 2 heterocycles. The summed E-state index contributed by atoms with van der Waals surface area (Å²) in [6.07, 6.45) is 3.30. The summed E-state index contributed by atoms with van der Waals surface area (Å²) in [7, 11) is 2.59. The minimum atomic E-state index is -1.18. The normalized spacial score (nSPS) is 15.0. The number of aromatic nitrogens is 1. The van der Waals surface area contributed by atoms with E-state index in [1.54, 1.807) is 31.5 Å². The molecule has 0 radical (unpaired) electrons. The average Bonchev–Trinajstić information content (AvgIpc) is 3.33. The zero-order valence-electron chi connectivity index (χ0n) is 21.3. The highest BCUT2D eigenvalue weighted by atomic mass is 32.2. The number of anilines is 1. The fourth-order valence-corrected chi connectivity index (χ4v) is 5.07. The zero-order chi connectivity index (χ0) is 26.1. The van der Waals surface area contributed by atoms with Gasteiger partial charge in [-0.25, -0.2) is 9.78 Å². The minimum absolute atomic E-state index is 0.174. The van der Waals surface area contributed by atoms with Gasteiger partial charge < -0.3 is 19.3 Å². The maximum absolute atomic E-state index is 12.9. The van der Waals surface area contributed by atoms with Crippen molar-refractivity contribution in [2.75, 3.05) is 78.2 Å². The number of rotatable bonds is 11. The van der Waals surface area contributed by atoms with Crippen LogP contribution in [0.2, 0.25) is 0 Å². The van der Waals surface area contributed by atoms with Crippen molar-refractivity contribution in [3.8, 4) is 5.75 Å². The van der Waals surface area contributed by atoms with Gasteiger partial charge in [0.05, 0.1) is 35.8 Å². The van der Waals surface area contributed by atoms with Crippen LogP contribution in [0.15, 0.2) is 28.6 Å². The molecule has 1 aliphatic heterocycles. The third-order valence-electron chi connectivity index (χ3n) is 5.81. The molecular formula is C24H35N5O5S2. The Kier molecular flexibility index (Phi) is 10.8. The van der Waals surface area contributed by atoms with E-state index >= 15 is 0 Å². The number of likely N-dealkylation sites (N-methyl/N-ethyl adjacent to an activating group) is 1. The summed E-state index contributed by atoms with van der Waals surface area (Å²) in [6.45, 7) is 8.77. The number of hydrogen-bond donors (Lipinski definition) is 1. The van der Waals surface area contributed by atoms with Gasteiger partial charge in [0.15, 0.2) is 5.13 Å². The van der Waals surface area contributed by atoms with Gasteiger partial charge in [-0.2, -0.15) is 0 Å². The van der Waals surface area contributed by atoms with Crippen LogP contribution in [0.4, 0.5) is 9.93 Å². The Labute approximate surface area is 219 Å². The fraction of sp³-hybridized carbons (Fsp3) is 0.542. The molecule has 1 unspecified atom stereocenters. The van der Waals surface area contributed by atoms with Crippen molar-refractivity contribution in [2.24, 2.45) is 0 Å². The van der Waals surface area contributed by atoms with Crippen LogP contribution in [-0.4, -0.2) is 109 Å². The number of nitrogens with one attached hydrogen (secondary N) is 1. The molecule has 0 spiro atoms. The Morgan fingerprint density at radius 2 is 1.97 bits per heavy atom. The van der Waals surface area contributed by atoms with Crippen molar-refractivity contribution >= 4 is 39.3 Å². The summed E-state index contributed by atoms with van der Waals surface area (Å²) in [5.41, 5.74) is 1.08. The third-order valence-corrected chi connectivity index (χ3v) is 8.15. The van der Waals surface area contributed by atoms with Crippen molar-refractivity contribution in [1.82, 2.24) is 19.7 Å². The first kappa shape index (κ1) is 28.2. The Bertz CT molecular complexity index is 1060. The van der Waals surface area contributed by atoms with Gasteiger partial charge in [0.2, 0.25) is 0 Å². The number of nitrogens with zero attached hydrogens (tertiary/aromatic N) is 4. The number of ether oxygens (including phenoxy) is 2. The van der Waals surface area contributed by atoms with E-state index in [0.717, 1.165) is 69.3 Å². The first-order chi connectivity index (χ1) is 17.2. The largest absolute Gasteiger partial charge is 0.414 e. The average molecular weight is 538 g/mol. The van der Waals surface area contributed by atoms with Crippen LogP contribution in [0, 0.1) is 6.92 Å². The molecule has 12 heteroatoms. The topological polar surface area (TPSA) is 104 Å². The molecular weight excluding hydrogens is 502 g/mol. The van der Waals surface area contributed by atoms with E-state index < -0.39 is 22.8 Å². The van der Waals surface area contributed by atoms with Crippen LogP contribution in [0.25, 0.3) is 0 Å². The summed E-state index contributed by atoms with van der Waals surface area (Å²) in [4.78, 5) is 35.9. The SMILES string of the molecule is Cc1ccc(OC(=O)N(C)CCCN(C)CCN2CCOCC2)c(C(=O)Nc2ncc(S(C)=O)s2)c1. The van der Waals surface area contributed by atoms with Gasteiger partial charge in [0.1, 0.15) is 9.96 Å². The van der Waals surface area contributed by atoms with Crippen LogP contribution >= 0.6 is 11.3 Å². The van der Waals surface area contributed by atoms with E-state index in [0.29, 0.717) is 15.9 Å².